The number of likely N-dealkylation sites (tertiary alicyclic amines) is 1. The highest BCUT2D eigenvalue weighted by molar-refractivity contribution is 4.88. The van der Waals surface area contributed by atoms with Gasteiger partial charge < -0.3 is 10.6 Å². The molecule has 1 saturated carbocycles. The van der Waals surface area contributed by atoms with Gasteiger partial charge >= 0.3 is 0 Å². The number of nitrogens with two attached hydrogens (primary N) is 1. The van der Waals surface area contributed by atoms with E-state index in [4.69, 9.17) is 5.73 Å². The van der Waals surface area contributed by atoms with Crippen molar-refractivity contribution >= 4 is 0 Å². The molecule has 1 atom stereocenters. The molecule has 2 nitrogen and oxygen atoms in total. The molecule has 1 aliphatic heterocycles. The lowest BCUT2D eigenvalue weighted by atomic mass is 9.90. The van der Waals surface area contributed by atoms with Gasteiger partial charge in [-0.3, -0.25) is 0 Å². The number of rotatable bonds is 3. The fraction of sp³-hybridized carbons (Fsp3) is 1.00. The molecule has 2 N–H and O–H groups in total. The van der Waals surface area contributed by atoms with Crippen LogP contribution in [0.4, 0.5) is 0 Å². The maximum atomic E-state index is 5.81. The summed E-state index contributed by atoms with van der Waals surface area (Å²) in [6.45, 7) is 7.05. The van der Waals surface area contributed by atoms with Gasteiger partial charge in [0.15, 0.2) is 0 Å². The van der Waals surface area contributed by atoms with Crippen LogP contribution in [0.3, 0.4) is 0 Å². The molecule has 1 aliphatic carbocycles. The normalized spacial score (nSPS) is 35.6. The third-order valence-corrected chi connectivity index (χ3v) is 4.12. The minimum Gasteiger partial charge on any atom is -0.330 e. The average Bonchev–Trinajstić information content (AvgIpc) is 2.78. The Kier molecular flexibility index (Phi) is 3.13. The van der Waals surface area contributed by atoms with Gasteiger partial charge in [-0.05, 0) is 43.7 Å². The van der Waals surface area contributed by atoms with Crippen LogP contribution in [-0.4, -0.2) is 31.1 Å². The Labute approximate surface area is 87.8 Å². The molecule has 0 radical (unpaired) electrons. The van der Waals surface area contributed by atoms with E-state index in [2.05, 4.69) is 11.8 Å². The summed E-state index contributed by atoms with van der Waals surface area (Å²) in [5, 5.41) is 0. The first kappa shape index (κ1) is 10.4. The molecule has 2 rings (SSSR count). The molecular formula is C12H24N2. The molecule has 0 bridgehead atoms. The lowest BCUT2D eigenvalue weighted by molar-refractivity contribution is 0.244. The van der Waals surface area contributed by atoms with Crippen LogP contribution < -0.4 is 5.73 Å². The summed E-state index contributed by atoms with van der Waals surface area (Å²) in [5.74, 6) is 0.995. The van der Waals surface area contributed by atoms with E-state index in [1.807, 2.05) is 0 Å². The van der Waals surface area contributed by atoms with Crippen molar-refractivity contribution in [2.45, 2.75) is 39.0 Å². The van der Waals surface area contributed by atoms with Gasteiger partial charge in [-0.1, -0.05) is 19.8 Å². The minimum absolute atomic E-state index is 0.415. The zero-order valence-electron chi connectivity index (χ0n) is 9.47. The average molecular weight is 196 g/mol. The van der Waals surface area contributed by atoms with Gasteiger partial charge in [0, 0.05) is 13.1 Å². The second-order valence-electron chi connectivity index (χ2n) is 5.65. The maximum absolute atomic E-state index is 5.81. The van der Waals surface area contributed by atoms with Crippen molar-refractivity contribution in [3.63, 3.8) is 0 Å². The van der Waals surface area contributed by atoms with Crippen molar-refractivity contribution in [2.75, 3.05) is 26.2 Å². The van der Waals surface area contributed by atoms with Crippen molar-refractivity contribution < 1.29 is 0 Å². The van der Waals surface area contributed by atoms with Crippen LogP contribution in [0.2, 0.25) is 0 Å². The van der Waals surface area contributed by atoms with E-state index in [1.54, 1.807) is 0 Å². The van der Waals surface area contributed by atoms with Crippen molar-refractivity contribution in [1.29, 1.82) is 0 Å². The van der Waals surface area contributed by atoms with Gasteiger partial charge in [0.2, 0.25) is 0 Å². The summed E-state index contributed by atoms with van der Waals surface area (Å²) in [7, 11) is 0. The molecule has 0 spiro atoms. The van der Waals surface area contributed by atoms with Crippen molar-refractivity contribution in [1.82, 2.24) is 4.90 Å². The number of hydrogen-bond donors (Lipinski definition) is 1. The molecule has 82 valence electrons. The van der Waals surface area contributed by atoms with E-state index < -0.39 is 0 Å². The van der Waals surface area contributed by atoms with E-state index in [0.717, 1.165) is 12.5 Å². The second-order valence-corrected chi connectivity index (χ2v) is 5.65. The fourth-order valence-corrected chi connectivity index (χ4v) is 3.01. The first-order valence-corrected chi connectivity index (χ1v) is 6.14. The standard InChI is InChI=1S/C12H24N2/c1-12(9-13)6-7-14(10-12)8-11-4-2-3-5-11/h11H,2-10,13H2,1H3. The smallest absolute Gasteiger partial charge is 0.00480 e. The SMILES string of the molecule is CC1(CN)CCN(CC2CCCC2)C1. The molecule has 0 aromatic heterocycles. The lowest BCUT2D eigenvalue weighted by Gasteiger charge is -2.24. The second kappa shape index (κ2) is 4.19. The third-order valence-electron chi connectivity index (χ3n) is 4.12. The summed E-state index contributed by atoms with van der Waals surface area (Å²) < 4.78 is 0. The Morgan fingerprint density at radius 1 is 1.36 bits per heavy atom. The minimum atomic E-state index is 0.415. The van der Waals surface area contributed by atoms with E-state index >= 15 is 0 Å². The molecule has 0 aromatic carbocycles. The quantitative estimate of drug-likeness (QED) is 0.746. The summed E-state index contributed by atoms with van der Waals surface area (Å²) in [6.07, 6.45) is 7.17. The molecule has 1 unspecified atom stereocenters. The van der Waals surface area contributed by atoms with Gasteiger partial charge in [0.05, 0.1) is 0 Å². The predicted molar refractivity (Wildman–Crippen MR) is 60.2 cm³/mol. The highest BCUT2D eigenvalue weighted by Crippen LogP contribution is 2.32. The molecule has 1 heterocycles. The molecule has 14 heavy (non-hydrogen) atoms. The summed E-state index contributed by atoms with van der Waals surface area (Å²) in [6, 6.07) is 0. The Balaban J connectivity index is 1.78. The third kappa shape index (κ3) is 2.29. The molecule has 2 heteroatoms. The van der Waals surface area contributed by atoms with Gasteiger partial charge in [-0.15, -0.1) is 0 Å². The Morgan fingerprint density at radius 3 is 2.64 bits per heavy atom. The van der Waals surface area contributed by atoms with E-state index in [1.165, 1.54) is 51.7 Å². The molecule has 1 saturated heterocycles. The van der Waals surface area contributed by atoms with Crippen LogP contribution in [0.5, 0.6) is 0 Å². The van der Waals surface area contributed by atoms with Gasteiger partial charge in [0.25, 0.3) is 0 Å². The van der Waals surface area contributed by atoms with Gasteiger partial charge in [0.1, 0.15) is 0 Å². The molecule has 2 fully saturated rings. The zero-order chi connectivity index (χ0) is 10.0. The largest absolute Gasteiger partial charge is 0.330 e. The molecule has 2 aliphatic rings. The molecular weight excluding hydrogens is 172 g/mol. The number of nitrogens with zero attached hydrogens (tertiary/aromatic N) is 1. The predicted octanol–water partition coefficient (Wildman–Crippen LogP) is 1.85. The molecule has 0 amide bonds. The van der Waals surface area contributed by atoms with Crippen LogP contribution >= 0.6 is 0 Å². The monoisotopic (exact) mass is 196 g/mol. The zero-order valence-corrected chi connectivity index (χ0v) is 9.47. The van der Waals surface area contributed by atoms with Crippen LogP contribution in [0, 0.1) is 11.3 Å². The van der Waals surface area contributed by atoms with Crippen LogP contribution in [0.25, 0.3) is 0 Å². The van der Waals surface area contributed by atoms with Gasteiger partial charge in [-0.2, -0.15) is 0 Å². The maximum Gasteiger partial charge on any atom is 0.00480 e. The van der Waals surface area contributed by atoms with E-state index in [0.29, 0.717) is 5.41 Å². The van der Waals surface area contributed by atoms with E-state index in [9.17, 15) is 0 Å². The van der Waals surface area contributed by atoms with E-state index in [-0.39, 0.29) is 0 Å². The molecule has 0 aromatic rings. The van der Waals surface area contributed by atoms with Crippen LogP contribution in [0.1, 0.15) is 39.0 Å². The summed E-state index contributed by atoms with van der Waals surface area (Å²) in [5.41, 5.74) is 6.23. The Morgan fingerprint density at radius 2 is 2.07 bits per heavy atom. The topological polar surface area (TPSA) is 29.3 Å². The highest BCUT2D eigenvalue weighted by atomic mass is 15.2. The van der Waals surface area contributed by atoms with Crippen molar-refractivity contribution in [3.8, 4) is 0 Å². The van der Waals surface area contributed by atoms with Gasteiger partial charge in [-0.25, -0.2) is 0 Å². The lowest BCUT2D eigenvalue weighted by Crippen LogP contribution is -2.33. The summed E-state index contributed by atoms with van der Waals surface area (Å²) >= 11 is 0. The van der Waals surface area contributed by atoms with Crippen LogP contribution in [0.15, 0.2) is 0 Å². The Bertz CT molecular complexity index is 187. The number of hydrogen-bond acceptors (Lipinski definition) is 2. The fourth-order valence-electron chi connectivity index (χ4n) is 3.01. The first-order chi connectivity index (χ1) is 6.72. The first-order valence-electron chi connectivity index (χ1n) is 6.14. The van der Waals surface area contributed by atoms with Crippen LogP contribution in [-0.2, 0) is 0 Å². The van der Waals surface area contributed by atoms with Crippen molar-refractivity contribution in [2.24, 2.45) is 17.1 Å². The summed E-state index contributed by atoms with van der Waals surface area (Å²) in [4.78, 5) is 2.64. The van der Waals surface area contributed by atoms with Crippen molar-refractivity contribution in [3.05, 3.63) is 0 Å². The highest BCUT2D eigenvalue weighted by Gasteiger charge is 2.33. The Hall–Kier alpha value is -0.0800.